The van der Waals surface area contributed by atoms with E-state index in [2.05, 4.69) is 0 Å². The third-order valence-electron chi connectivity index (χ3n) is 3.24. The van der Waals surface area contributed by atoms with Gasteiger partial charge in [-0.15, -0.1) is 0 Å². The fraction of sp³-hybridized carbons (Fsp3) is 0.200. The molecular weight excluding hydrogens is 308 g/mol. The van der Waals surface area contributed by atoms with Crippen molar-refractivity contribution in [1.82, 2.24) is 0 Å². The minimum absolute atomic E-state index is 0.0134. The van der Waals surface area contributed by atoms with Gasteiger partial charge in [0.25, 0.3) is 0 Å². The van der Waals surface area contributed by atoms with Gasteiger partial charge in [0.15, 0.2) is 0 Å². The quantitative estimate of drug-likeness (QED) is 0.860. The Balaban J connectivity index is 2.17. The van der Waals surface area contributed by atoms with E-state index in [-0.39, 0.29) is 5.75 Å². The molecule has 112 valence electrons. The van der Waals surface area contributed by atoms with Crippen LogP contribution in [0.25, 0.3) is 0 Å². The van der Waals surface area contributed by atoms with E-state index in [1.54, 1.807) is 18.2 Å². The molecule has 0 heterocycles. The van der Waals surface area contributed by atoms with Crippen LogP contribution in [-0.4, -0.2) is 21.2 Å². The van der Waals surface area contributed by atoms with Crippen molar-refractivity contribution in [2.24, 2.45) is 0 Å². The van der Waals surface area contributed by atoms with Crippen molar-refractivity contribution in [3.63, 3.8) is 0 Å². The Morgan fingerprint density at radius 1 is 1.14 bits per heavy atom. The Hall–Kier alpha value is -1.72. The van der Waals surface area contributed by atoms with Crippen LogP contribution in [0, 0.1) is 0 Å². The molecule has 0 amide bonds. The maximum atomic E-state index is 12.4. The predicted octanol–water partition coefficient (Wildman–Crippen LogP) is 2.93. The van der Waals surface area contributed by atoms with Crippen molar-refractivity contribution in [2.75, 3.05) is 22.8 Å². The fourth-order valence-corrected chi connectivity index (χ4v) is 3.36. The lowest BCUT2D eigenvalue weighted by molar-refractivity contribution is 0.593. The average molecular weight is 325 g/mol. The molecule has 0 aliphatic heterocycles. The van der Waals surface area contributed by atoms with Gasteiger partial charge in [-0.05, 0) is 30.2 Å². The highest BCUT2D eigenvalue weighted by atomic mass is 35.5. The Morgan fingerprint density at radius 2 is 1.81 bits per heavy atom. The molecule has 0 unspecified atom stereocenters. The molecule has 2 aromatic carbocycles. The van der Waals surface area contributed by atoms with E-state index in [0.717, 1.165) is 5.56 Å². The molecule has 0 radical (unpaired) electrons. The molecule has 0 saturated heterocycles. The highest BCUT2D eigenvalue weighted by Gasteiger charge is 2.20. The predicted molar refractivity (Wildman–Crippen MR) is 88.2 cm³/mol. The van der Waals surface area contributed by atoms with Crippen molar-refractivity contribution in [1.29, 1.82) is 0 Å². The molecule has 0 aliphatic rings. The summed E-state index contributed by atoms with van der Waals surface area (Å²) in [5.41, 5.74) is 7.59. The zero-order chi connectivity index (χ0) is 15.5. The lowest BCUT2D eigenvalue weighted by atomic mass is 10.2. The van der Waals surface area contributed by atoms with Crippen LogP contribution >= 0.6 is 11.6 Å². The Kier molecular flexibility index (Phi) is 4.75. The van der Waals surface area contributed by atoms with Crippen LogP contribution in [0.4, 0.5) is 11.4 Å². The third kappa shape index (κ3) is 3.89. The number of nitrogen functional groups attached to an aromatic ring is 1. The SMILES string of the molecule is CN(c1cc(Cl)ccc1N)S(=O)(=O)CCc1ccccc1. The molecule has 2 aromatic rings. The normalized spacial score (nSPS) is 11.3. The number of rotatable bonds is 5. The molecule has 4 nitrogen and oxygen atoms in total. The van der Waals surface area contributed by atoms with Crippen molar-refractivity contribution < 1.29 is 8.42 Å². The molecule has 0 saturated carbocycles. The Morgan fingerprint density at radius 3 is 2.48 bits per heavy atom. The van der Waals surface area contributed by atoms with Gasteiger partial charge in [0.05, 0.1) is 17.1 Å². The molecule has 0 bridgehead atoms. The zero-order valence-electron chi connectivity index (χ0n) is 11.7. The summed E-state index contributed by atoms with van der Waals surface area (Å²) < 4.78 is 26.0. The van der Waals surface area contributed by atoms with Gasteiger partial charge in [0.1, 0.15) is 0 Å². The zero-order valence-corrected chi connectivity index (χ0v) is 13.2. The molecule has 6 heteroatoms. The second-order valence-electron chi connectivity index (χ2n) is 4.72. The number of benzene rings is 2. The number of anilines is 2. The second kappa shape index (κ2) is 6.37. The van der Waals surface area contributed by atoms with Crippen molar-refractivity contribution in [2.45, 2.75) is 6.42 Å². The van der Waals surface area contributed by atoms with Crippen molar-refractivity contribution in [3.8, 4) is 0 Å². The van der Waals surface area contributed by atoms with E-state index in [9.17, 15) is 8.42 Å². The lowest BCUT2D eigenvalue weighted by Crippen LogP contribution is -2.30. The van der Waals surface area contributed by atoms with E-state index in [4.69, 9.17) is 17.3 Å². The minimum atomic E-state index is -3.46. The fourth-order valence-electron chi connectivity index (χ4n) is 1.97. The summed E-state index contributed by atoms with van der Waals surface area (Å²) in [6.07, 6.45) is 0.452. The van der Waals surface area contributed by atoms with Gasteiger partial charge in [-0.3, -0.25) is 4.31 Å². The van der Waals surface area contributed by atoms with Gasteiger partial charge in [-0.1, -0.05) is 41.9 Å². The van der Waals surface area contributed by atoms with Crippen LogP contribution < -0.4 is 10.0 Å². The molecule has 0 fully saturated rings. The second-order valence-corrected chi connectivity index (χ2v) is 7.28. The molecule has 0 spiro atoms. The van der Waals surface area contributed by atoms with Gasteiger partial charge in [-0.2, -0.15) is 0 Å². The van der Waals surface area contributed by atoms with E-state index in [1.807, 2.05) is 30.3 Å². The Labute approximate surface area is 130 Å². The largest absolute Gasteiger partial charge is 0.397 e. The number of halogens is 1. The van der Waals surface area contributed by atoms with Crippen LogP contribution in [0.15, 0.2) is 48.5 Å². The molecular formula is C15H17ClN2O2S. The van der Waals surface area contributed by atoms with Crippen LogP contribution in [-0.2, 0) is 16.4 Å². The standard InChI is InChI=1S/C15H17ClN2O2S/c1-18(15-11-13(16)7-8-14(15)17)21(19,20)10-9-12-5-3-2-4-6-12/h2-8,11H,9-10,17H2,1H3. The first-order valence-electron chi connectivity index (χ1n) is 6.46. The maximum Gasteiger partial charge on any atom is 0.235 e. The summed E-state index contributed by atoms with van der Waals surface area (Å²) in [5.74, 6) is 0.0134. The number of aryl methyl sites for hydroxylation is 1. The topological polar surface area (TPSA) is 63.4 Å². The summed E-state index contributed by atoms with van der Waals surface area (Å²) >= 11 is 5.91. The first kappa shape index (κ1) is 15.7. The van der Waals surface area contributed by atoms with E-state index >= 15 is 0 Å². The number of sulfonamides is 1. The molecule has 2 N–H and O–H groups in total. The average Bonchev–Trinajstić information content (AvgIpc) is 2.48. The smallest absolute Gasteiger partial charge is 0.235 e. The monoisotopic (exact) mass is 324 g/mol. The van der Waals surface area contributed by atoms with Gasteiger partial charge >= 0.3 is 0 Å². The number of hydrogen-bond donors (Lipinski definition) is 1. The summed E-state index contributed by atoms with van der Waals surface area (Å²) in [6.45, 7) is 0. The first-order valence-corrected chi connectivity index (χ1v) is 8.44. The van der Waals surface area contributed by atoms with Gasteiger partial charge in [-0.25, -0.2) is 8.42 Å². The van der Waals surface area contributed by atoms with Gasteiger partial charge in [0.2, 0.25) is 10.0 Å². The van der Waals surface area contributed by atoms with Gasteiger partial charge in [0, 0.05) is 12.1 Å². The van der Waals surface area contributed by atoms with Crippen molar-refractivity contribution in [3.05, 3.63) is 59.1 Å². The molecule has 21 heavy (non-hydrogen) atoms. The van der Waals surface area contributed by atoms with Gasteiger partial charge < -0.3 is 5.73 Å². The summed E-state index contributed by atoms with van der Waals surface area (Å²) in [4.78, 5) is 0. The lowest BCUT2D eigenvalue weighted by Gasteiger charge is -2.21. The highest BCUT2D eigenvalue weighted by molar-refractivity contribution is 7.92. The Bertz CT molecular complexity index is 718. The van der Waals surface area contributed by atoms with Crippen LogP contribution in [0.5, 0.6) is 0 Å². The maximum absolute atomic E-state index is 12.4. The molecule has 0 aromatic heterocycles. The third-order valence-corrected chi connectivity index (χ3v) is 5.23. The number of nitrogens with zero attached hydrogens (tertiary/aromatic N) is 1. The van der Waals surface area contributed by atoms with E-state index in [0.29, 0.717) is 22.8 Å². The summed E-state index contributed by atoms with van der Waals surface area (Å²) in [5, 5.41) is 0.448. The number of hydrogen-bond acceptors (Lipinski definition) is 3. The molecule has 0 aliphatic carbocycles. The van der Waals surface area contributed by atoms with Crippen molar-refractivity contribution >= 4 is 33.0 Å². The van der Waals surface area contributed by atoms with E-state index in [1.165, 1.54) is 11.4 Å². The first-order chi connectivity index (χ1) is 9.90. The molecule has 0 atom stereocenters. The summed E-state index contributed by atoms with van der Waals surface area (Å²) in [7, 11) is -1.97. The van der Waals surface area contributed by atoms with Crippen LogP contribution in [0.2, 0.25) is 5.02 Å². The van der Waals surface area contributed by atoms with Crippen LogP contribution in [0.1, 0.15) is 5.56 Å². The van der Waals surface area contributed by atoms with E-state index < -0.39 is 10.0 Å². The summed E-state index contributed by atoms with van der Waals surface area (Å²) in [6, 6.07) is 14.3. The van der Waals surface area contributed by atoms with Crippen LogP contribution in [0.3, 0.4) is 0 Å². The number of nitrogens with two attached hydrogens (primary N) is 1. The minimum Gasteiger partial charge on any atom is -0.397 e. The molecule has 2 rings (SSSR count). The highest BCUT2D eigenvalue weighted by Crippen LogP contribution is 2.28.